The highest BCUT2D eigenvalue weighted by Crippen LogP contribution is 2.40. The maximum atomic E-state index is 13.0. The first-order valence-corrected chi connectivity index (χ1v) is 9.94. The van der Waals surface area contributed by atoms with Gasteiger partial charge in [-0.25, -0.2) is 0 Å². The van der Waals surface area contributed by atoms with Crippen LogP contribution in [0, 0.1) is 0 Å². The van der Waals surface area contributed by atoms with Crippen LogP contribution in [0.4, 0.5) is 0 Å². The van der Waals surface area contributed by atoms with Gasteiger partial charge in [0.15, 0.2) is 0 Å². The van der Waals surface area contributed by atoms with Gasteiger partial charge in [0.1, 0.15) is 11.5 Å². The molecule has 4 rings (SSSR count). The number of methoxy groups -OCH3 is 1. The average molecular weight is 435 g/mol. The first-order valence-electron chi connectivity index (χ1n) is 9.57. The molecule has 1 N–H and O–H groups in total. The van der Waals surface area contributed by atoms with E-state index < -0.39 is 17.7 Å². The molecule has 1 saturated heterocycles. The molecule has 1 amide bonds. The molecule has 2 heterocycles. The number of aliphatic hydroxyl groups excluding tert-OH is 1. The molecule has 1 atom stereocenters. The number of hydrogen-bond donors (Lipinski definition) is 1. The fourth-order valence-electron chi connectivity index (χ4n) is 3.65. The second kappa shape index (κ2) is 8.62. The van der Waals surface area contributed by atoms with Gasteiger partial charge in [-0.1, -0.05) is 41.9 Å². The topological polar surface area (TPSA) is 79.7 Å². The van der Waals surface area contributed by atoms with Crippen LogP contribution in [0.5, 0.6) is 5.75 Å². The van der Waals surface area contributed by atoms with Crippen molar-refractivity contribution >= 4 is 29.1 Å². The van der Waals surface area contributed by atoms with Crippen LogP contribution in [0.2, 0.25) is 5.02 Å². The summed E-state index contributed by atoms with van der Waals surface area (Å²) in [6, 6.07) is 16.4. The Bertz CT molecular complexity index is 1160. The second-order valence-corrected chi connectivity index (χ2v) is 7.51. The van der Waals surface area contributed by atoms with E-state index in [2.05, 4.69) is 4.98 Å². The van der Waals surface area contributed by atoms with Gasteiger partial charge in [0.25, 0.3) is 11.7 Å². The van der Waals surface area contributed by atoms with E-state index in [4.69, 9.17) is 16.3 Å². The highest BCUT2D eigenvalue weighted by Gasteiger charge is 2.46. The van der Waals surface area contributed by atoms with E-state index in [1.165, 1.54) is 12.0 Å². The Kier molecular flexibility index (Phi) is 5.73. The predicted octanol–water partition coefficient (Wildman–Crippen LogP) is 4.37. The van der Waals surface area contributed by atoms with E-state index in [1.807, 2.05) is 6.07 Å². The summed E-state index contributed by atoms with van der Waals surface area (Å²) < 4.78 is 5.22. The third-order valence-electron chi connectivity index (χ3n) is 5.14. The lowest BCUT2D eigenvalue weighted by atomic mass is 9.95. The number of nitrogens with zero attached hydrogens (tertiary/aromatic N) is 2. The Morgan fingerprint density at radius 1 is 1.13 bits per heavy atom. The van der Waals surface area contributed by atoms with Crippen molar-refractivity contribution in [3.05, 3.63) is 100 Å². The summed E-state index contributed by atoms with van der Waals surface area (Å²) >= 11 is 6.04. The molecule has 1 aliphatic heterocycles. The molecule has 0 radical (unpaired) electrons. The molecule has 0 spiro atoms. The number of amides is 1. The number of carbonyl (C=O) groups is 2. The zero-order valence-electron chi connectivity index (χ0n) is 16.7. The molecule has 1 aromatic heterocycles. The molecule has 3 aromatic rings. The molecule has 1 aliphatic rings. The van der Waals surface area contributed by atoms with E-state index in [1.54, 1.807) is 67.0 Å². The van der Waals surface area contributed by atoms with Gasteiger partial charge in [-0.15, -0.1) is 0 Å². The molecule has 0 aliphatic carbocycles. The van der Waals surface area contributed by atoms with Gasteiger partial charge in [0.2, 0.25) is 0 Å². The van der Waals surface area contributed by atoms with Crippen LogP contribution in [0.15, 0.2) is 78.6 Å². The van der Waals surface area contributed by atoms with Gasteiger partial charge in [0.05, 0.1) is 18.7 Å². The van der Waals surface area contributed by atoms with Crippen LogP contribution in [-0.2, 0) is 16.1 Å². The maximum Gasteiger partial charge on any atom is 0.295 e. The number of Topliss-reactive ketones (excluding diaryl/α,β-unsaturated/α-hetero) is 1. The highest BCUT2D eigenvalue weighted by molar-refractivity contribution is 6.46. The first kappa shape index (κ1) is 20.6. The van der Waals surface area contributed by atoms with Crippen LogP contribution >= 0.6 is 11.6 Å². The SMILES string of the molecule is COc1cccc(/C(O)=C2\C(=O)C(=O)N(Cc3cccnc3)[C@H]2c2ccc(Cl)cc2)c1. The summed E-state index contributed by atoms with van der Waals surface area (Å²) in [7, 11) is 1.51. The summed E-state index contributed by atoms with van der Waals surface area (Å²) in [5, 5.41) is 11.6. The van der Waals surface area contributed by atoms with E-state index in [0.717, 1.165) is 5.56 Å². The Labute approximate surface area is 184 Å². The number of rotatable bonds is 5. The lowest BCUT2D eigenvalue weighted by Gasteiger charge is -2.25. The molecule has 2 aromatic carbocycles. The van der Waals surface area contributed by atoms with Crippen molar-refractivity contribution < 1.29 is 19.4 Å². The van der Waals surface area contributed by atoms with Crippen LogP contribution in [0.25, 0.3) is 5.76 Å². The molecule has 0 unspecified atom stereocenters. The quantitative estimate of drug-likeness (QED) is 0.366. The Morgan fingerprint density at radius 2 is 1.90 bits per heavy atom. The minimum absolute atomic E-state index is 0.0180. The minimum Gasteiger partial charge on any atom is -0.507 e. The molecular formula is C24H19ClN2O4. The second-order valence-electron chi connectivity index (χ2n) is 7.07. The number of ketones is 1. The zero-order chi connectivity index (χ0) is 22.0. The predicted molar refractivity (Wildman–Crippen MR) is 117 cm³/mol. The van der Waals surface area contributed by atoms with E-state index in [9.17, 15) is 14.7 Å². The molecule has 0 saturated carbocycles. The molecule has 7 heteroatoms. The number of hydrogen-bond acceptors (Lipinski definition) is 5. The van der Waals surface area contributed by atoms with E-state index >= 15 is 0 Å². The summed E-state index contributed by atoms with van der Waals surface area (Å²) in [6.07, 6.45) is 3.28. The highest BCUT2D eigenvalue weighted by atomic mass is 35.5. The maximum absolute atomic E-state index is 13.0. The van der Waals surface area contributed by atoms with Gasteiger partial charge in [-0.2, -0.15) is 0 Å². The molecule has 31 heavy (non-hydrogen) atoms. The van der Waals surface area contributed by atoms with E-state index in [-0.39, 0.29) is 17.9 Å². The Morgan fingerprint density at radius 3 is 2.58 bits per heavy atom. The number of aromatic nitrogens is 1. The number of pyridine rings is 1. The normalized spacial score (nSPS) is 17.7. The average Bonchev–Trinajstić information content (AvgIpc) is 3.05. The van der Waals surface area contributed by atoms with Crippen LogP contribution in [-0.4, -0.2) is 33.8 Å². The minimum atomic E-state index is -0.774. The largest absolute Gasteiger partial charge is 0.507 e. The van der Waals surface area contributed by atoms with Gasteiger partial charge in [-0.3, -0.25) is 14.6 Å². The molecule has 0 bridgehead atoms. The van der Waals surface area contributed by atoms with E-state index in [0.29, 0.717) is 21.9 Å². The fourth-order valence-corrected chi connectivity index (χ4v) is 3.77. The monoisotopic (exact) mass is 434 g/mol. The number of aliphatic hydroxyl groups is 1. The van der Waals surface area contributed by atoms with Gasteiger partial charge in [0, 0.05) is 29.5 Å². The number of ether oxygens (including phenoxy) is 1. The fraction of sp³-hybridized carbons (Fsp3) is 0.125. The zero-order valence-corrected chi connectivity index (χ0v) is 17.4. The third kappa shape index (κ3) is 4.02. The van der Waals surface area contributed by atoms with Gasteiger partial charge in [-0.05, 0) is 41.5 Å². The Hall–Kier alpha value is -3.64. The van der Waals surface area contributed by atoms with Crippen molar-refractivity contribution in [2.24, 2.45) is 0 Å². The Balaban J connectivity index is 1.86. The lowest BCUT2D eigenvalue weighted by Crippen LogP contribution is -2.29. The molecule has 156 valence electrons. The summed E-state index contributed by atoms with van der Waals surface area (Å²) in [5.41, 5.74) is 1.84. The number of benzene rings is 2. The van der Waals surface area contributed by atoms with Crippen LogP contribution in [0.3, 0.4) is 0 Å². The number of carbonyl (C=O) groups excluding carboxylic acids is 2. The number of likely N-dealkylation sites (tertiary alicyclic amines) is 1. The molecule has 1 fully saturated rings. The summed E-state index contributed by atoms with van der Waals surface area (Å²) in [5.74, 6) is -1.17. The summed E-state index contributed by atoms with van der Waals surface area (Å²) in [4.78, 5) is 31.6. The smallest absolute Gasteiger partial charge is 0.295 e. The standard InChI is InChI=1S/C24H19ClN2O4/c1-31-19-6-2-5-17(12-19)22(28)20-21(16-7-9-18(25)10-8-16)27(24(30)23(20)29)14-15-4-3-11-26-13-15/h2-13,21,28H,14H2,1H3/b22-20+/t21-/m0/s1. The third-order valence-corrected chi connectivity index (χ3v) is 5.40. The van der Waals surface area contributed by atoms with Crippen LogP contribution in [0.1, 0.15) is 22.7 Å². The lowest BCUT2D eigenvalue weighted by molar-refractivity contribution is -0.140. The van der Waals surface area contributed by atoms with Gasteiger partial charge < -0.3 is 14.7 Å². The molecular weight excluding hydrogens is 416 g/mol. The van der Waals surface area contributed by atoms with Crippen molar-refractivity contribution in [3.8, 4) is 5.75 Å². The van der Waals surface area contributed by atoms with Crippen molar-refractivity contribution in [2.45, 2.75) is 12.6 Å². The van der Waals surface area contributed by atoms with Crippen LogP contribution < -0.4 is 4.74 Å². The van der Waals surface area contributed by atoms with Gasteiger partial charge >= 0.3 is 0 Å². The molecule has 6 nitrogen and oxygen atoms in total. The number of halogens is 1. The van der Waals surface area contributed by atoms with Crippen molar-refractivity contribution in [3.63, 3.8) is 0 Å². The first-order chi connectivity index (χ1) is 15.0. The van der Waals surface area contributed by atoms with Crippen molar-refractivity contribution in [1.82, 2.24) is 9.88 Å². The summed E-state index contributed by atoms with van der Waals surface area (Å²) in [6.45, 7) is 0.167. The van der Waals surface area contributed by atoms with Crippen molar-refractivity contribution in [2.75, 3.05) is 7.11 Å². The van der Waals surface area contributed by atoms with Crippen molar-refractivity contribution in [1.29, 1.82) is 0 Å².